The summed E-state index contributed by atoms with van der Waals surface area (Å²) in [5.74, 6) is 0.113. The second kappa shape index (κ2) is 6.31. The van der Waals surface area contributed by atoms with Crippen LogP contribution in [0.4, 0.5) is 0 Å². The topological polar surface area (TPSA) is 54.4 Å². The molecule has 0 spiro atoms. The summed E-state index contributed by atoms with van der Waals surface area (Å²) in [6.07, 6.45) is 1.49. The summed E-state index contributed by atoms with van der Waals surface area (Å²) < 4.78 is 23.7. The molecule has 0 bridgehead atoms. The van der Waals surface area contributed by atoms with Gasteiger partial charge in [0.2, 0.25) is 0 Å². The van der Waals surface area contributed by atoms with Gasteiger partial charge in [0.25, 0.3) is 0 Å². The second-order valence-corrected chi connectivity index (χ2v) is 7.93. The minimum atomic E-state index is -2.94. The van der Waals surface area contributed by atoms with Gasteiger partial charge in [0.05, 0.1) is 6.10 Å². The Balaban J connectivity index is 2.58. The molecule has 0 aliphatic rings. The molecule has 96 valence electrons. The maximum atomic E-state index is 11.0. The molecule has 1 N–H and O–H groups in total. The van der Waals surface area contributed by atoms with E-state index in [-0.39, 0.29) is 5.75 Å². The number of halogens is 2. The van der Waals surface area contributed by atoms with Crippen LogP contribution in [0.15, 0.2) is 27.1 Å². The number of hydrogen-bond donors (Lipinski definition) is 1. The molecular formula is C11H14Br2O3S. The van der Waals surface area contributed by atoms with Gasteiger partial charge in [0.15, 0.2) is 0 Å². The first kappa shape index (κ1) is 15.1. The fourth-order valence-electron chi connectivity index (χ4n) is 1.43. The van der Waals surface area contributed by atoms with Crippen molar-refractivity contribution < 1.29 is 13.5 Å². The van der Waals surface area contributed by atoms with Crippen LogP contribution in [-0.4, -0.2) is 25.5 Å². The predicted molar refractivity (Wildman–Crippen MR) is 75.7 cm³/mol. The second-order valence-electron chi connectivity index (χ2n) is 3.96. The number of aliphatic hydroxyl groups excluding tert-OH is 1. The quantitative estimate of drug-likeness (QED) is 0.847. The summed E-state index contributed by atoms with van der Waals surface area (Å²) in [6, 6.07) is 5.49. The van der Waals surface area contributed by atoms with Crippen molar-refractivity contribution in [3.05, 3.63) is 32.7 Å². The molecule has 0 heterocycles. The molecule has 0 aliphatic heterocycles. The highest BCUT2D eigenvalue weighted by atomic mass is 79.9. The highest BCUT2D eigenvalue weighted by molar-refractivity contribution is 9.13. The van der Waals surface area contributed by atoms with Crippen LogP contribution in [0.1, 0.15) is 24.5 Å². The maximum Gasteiger partial charge on any atom is 0.147 e. The summed E-state index contributed by atoms with van der Waals surface area (Å²) in [7, 11) is -2.94. The molecule has 1 atom stereocenters. The Morgan fingerprint density at radius 2 is 1.94 bits per heavy atom. The summed E-state index contributed by atoms with van der Waals surface area (Å²) >= 11 is 6.71. The van der Waals surface area contributed by atoms with Crippen LogP contribution in [0.5, 0.6) is 0 Å². The molecule has 1 aromatic rings. The molecule has 0 aliphatic carbocycles. The van der Waals surface area contributed by atoms with E-state index in [1.807, 2.05) is 18.2 Å². The highest BCUT2D eigenvalue weighted by Crippen LogP contribution is 2.28. The third-order valence-electron chi connectivity index (χ3n) is 2.32. The molecule has 1 aromatic carbocycles. The monoisotopic (exact) mass is 384 g/mol. The van der Waals surface area contributed by atoms with Gasteiger partial charge in [-0.15, -0.1) is 0 Å². The normalized spacial score (nSPS) is 13.6. The van der Waals surface area contributed by atoms with Gasteiger partial charge in [-0.05, 0) is 62.4 Å². The molecule has 3 nitrogen and oxygen atoms in total. The number of sulfone groups is 1. The smallest absolute Gasteiger partial charge is 0.147 e. The van der Waals surface area contributed by atoms with Crippen molar-refractivity contribution in [1.82, 2.24) is 0 Å². The average Bonchev–Trinajstić information content (AvgIpc) is 2.20. The Kier molecular flexibility index (Phi) is 5.63. The first-order valence-electron chi connectivity index (χ1n) is 5.10. The summed E-state index contributed by atoms with van der Waals surface area (Å²) in [4.78, 5) is 0. The maximum absolute atomic E-state index is 11.0. The van der Waals surface area contributed by atoms with Gasteiger partial charge in [-0.25, -0.2) is 8.42 Å². The fourth-order valence-corrected chi connectivity index (χ4v) is 2.76. The van der Waals surface area contributed by atoms with Crippen molar-refractivity contribution in [3.8, 4) is 0 Å². The van der Waals surface area contributed by atoms with E-state index in [0.717, 1.165) is 14.5 Å². The van der Waals surface area contributed by atoms with Gasteiger partial charge < -0.3 is 5.11 Å². The lowest BCUT2D eigenvalue weighted by atomic mass is 10.1. The minimum absolute atomic E-state index is 0.113. The summed E-state index contributed by atoms with van der Waals surface area (Å²) in [5, 5.41) is 9.90. The van der Waals surface area contributed by atoms with Gasteiger partial charge in [-0.2, -0.15) is 0 Å². The van der Waals surface area contributed by atoms with E-state index in [2.05, 4.69) is 31.9 Å². The van der Waals surface area contributed by atoms with Gasteiger partial charge in [-0.3, -0.25) is 0 Å². The standard InChI is InChI=1S/C11H14Br2O3S/c1-17(15,16)6-2-3-11(14)8-4-5-9(12)10(13)7-8/h4-5,7,11,14H,2-3,6H2,1H3. The minimum Gasteiger partial charge on any atom is -0.388 e. The Morgan fingerprint density at radius 3 is 2.47 bits per heavy atom. The lowest BCUT2D eigenvalue weighted by Crippen LogP contribution is -2.05. The van der Waals surface area contributed by atoms with Crippen LogP contribution in [0.2, 0.25) is 0 Å². The predicted octanol–water partition coefficient (Wildman–Crippen LogP) is 3.07. The first-order valence-corrected chi connectivity index (χ1v) is 8.75. The van der Waals surface area contributed by atoms with E-state index in [4.69, 9.17) is 0 Å². The van der Waals surface area contributed by atoms with Gasteiger partial charge >= 0.3 is 0 Å². The van der Waals surface area contributed by atoms with Crippen LogP contribution in [-0.2, 0) is 9.84 Å². The third-order valence-corrected chi connectivity index (χ3v) is 5.23. The van der Waals surface area contributed by atoms with Crippen molar-refractivity contribution in [3.63, 3.8) is 0 Å². The number of aliphatic hydroxyl groups is 1. The molecule has 6 heteroatoms. The van der Waals surface area contributed by atoms with E-state index < -0.39 is 15.9 Å². The van der Waals surface area contributed by atoms with Crippen LogP contribution in [0.25, 0.3) is 0 Å². The van der Waals surface area contributed by atoms with E-state index in [0.29, 0.717) is 12.8 Å². The van der Waals surface area contributed by atoms with Crippen molar-refractivity contribution in [1.29, 1.82) is 0 Å². The largest absolute Gasteiger partial charge is 0.388 e. The number of benzene rings is 1. The van der Waals surface area contributed by atoms with Gasteiger partial charge in [0, 0.05) is 21.0 Å². The Bertz CT molecular complexity index is 485. The molecule has 0 aromatic heterocycles. The molecule has 0 amide bonds. The lowest BCUT2D eigenvalue weighted by Gasteiger charge is -2.11. The molecule has 17 heavy (non-hydrogen) atoms. The molecule has 0 fully saturated rings. The molecule has 0 saturated carbocycles. The molecule has 1 rings (SSSR count). The zero-order valence-electron chi connectivity index (χ0n) is 9.36. The number of rotatable bonds is 5. The van der Waals surface area contributed by atoms with Crippen molar-refractivity contribution in [2.24, 2.45) is 0 Å². The summed E-state index contributed by atoms with van der Waals surface area (Å²) in [5.41, 5.74) is 0.786. The van der Waals surface area contributed by atoms with Gasteiger partial charge in [0.1, 0.15) is 9.84 Å². The zero-order valence-corrected chi connectivity index (χ0v) is 13.3. The van der Waals surface area contributed by atoms with Crippen LogP contribution in [0, 0.1) is 0 Å². The van der Waals surface area contributed by atoms with Crippen LogP contribution < -0.4 is 0 Å². The highest BCUT2D eigenvalue weighted by Gasteiger charge is 2.10. The molecular weight excluding hydrogens is 372 g/mol. The first-order chi connectivity index (χ1) is 7.79. The Morgan fingerprint density at radius 1 is 1.29 bits per heavy atom. The fraction of sp³-hybridized carbons (Fsp3) is 0.455. The third kappa shape index (κ3) is 5.50. The molecule has 0 radical (unpaired) electrons. The average molecular weight is 386 g/mol. The summed E-state index contributed by atoms with van der Waals surface area (Å²) in [6.45, 7) is 0. The van der Waals surface area contributed by atoms with E-state index in [1.54, 1.807) is 0 Å². The van der Waals surface area contributed by atoms with Gasteiger partial charge in [-0.1, -0.05) is 6.07 Å². The van der Waals surface area contributed by atoms with Crippen LogP contribution >= 0.6 is 31.9 Å². The Labute approximate surface area is 118 Å². The van der Waals surface area contributed by atoms with E-state index >= 15 is 0 Å². The van der Waals surface area contributed by atoms with E-state index in [9.17, 15) is 13.5 Å². The number of hydrogen-bond acceptors (Lipinski definition) is 3. The van der Waals surface area contributed by atoms with Crippen molar-refractivity contribution in [2.75, 3.05) is 12.0 Å². The van der Waals surface area contributed by atoms with Crippen molar-refractivity contribution in [2.45, 2.75) is 18.9 Å². The SMILES string of the molecule is CS(=O)(=O)CCCC(O)c1ccc(Br)c(Br)c1. The zero-order chi connectivity index (χ0) is 13.1. The Hall–Kier alpha value is 0.0900. The van der Waals surface area contributed by atoms with Crippen LogP contribution in [0.3, 0.4) is 0 Å². The lowest BCUT2D eigenvalue weighted by molar-refractivity contribution is 0.166. The van der Waals surface area contributed by atoms with Crippen molar-refractivity contribution >= 4 is 41.7 Å². The molecule has 0 saturated heterocycles. The van der Waals surface area contributed by atoms with E-state index in [1.165, 1.54) is 6.26 Å². The molecule has 1 unspecified atom stereocenters.